The van der Waals surface area contributed by atoms with Crippen LogP contribution in [0.2, 0.25) is 5.02 Å². The molecule has 1 unspecified atom stereocenters. The van der Waals surface area contributed by atoms with Crippen LogP contribution in [0.25, 0.3) is 0 Å². The molecule has 0 heterocycles. The van der Waals surface area contributed by atoms with Crippen molar-refractivity contribution in [2.75, 3.05) is 7.11 Å². The average molecular weight is 305 g/mol. The van der Waals surface area contributed by atoms with Crippen molar-refractivity contribution in [2.45, 2.75) is 33.3 Å². The normalized spacial score (nSPS) is 12.3. The highest BCUT2D eigenvalue weighted by molar-refractivity contribution is 6.30. The van der Waals surface area contributed by atoms with E-state index in [4.69, 9.17) is 16.3 Å². The summed E-state index contributed by atoms with van der Waals surface area (Å²) in [6.07, 6.45) is -0.0898. The van der Waals surface area contributed by atoms with Crippen LogP contribution in [0.1, 0.15) is 33.9 Å². The molecule has 0 spiro atoms. The van der Waals surface area contributed by atoms with Crippen molar-refractivity contribution in [3.05, 3.63) is 63.2 Å². The summed E-state index contributed by atoms with van der Waals surface area (Å²) in [4.78, 5) is 0. The van der Waals surface area contributed by atoms with Crippen LogP contribution >= 0.6 is 11.6 Å². The molecule has 0 saturated carbocycles. The number of aryl methyl sites for hydroxylation is 3. The first-order valence-corrected chi connectivity index (χ1v) is 7.38. The lowest BCUT2D eigenvalue weighted by Crippen LogP contribution is -2.07. The van der Waals surface area contributed by atoms with Crippen molar-refractivity contribution >= 4 is 11.6 Å². The first-order chi connectivity index (χ1) is 9.92. The van der Waals surface area contributed by atoms with Crippen molar-refractivity contribution < 1.29 is 9.84 Å². The molecule has 0 bridgehead atoms. The van der Waals surface area contributed by atoms with Crippen molar-refractivity contribution in [2.24, 2.45) is 0 Å². The smallest absolute Gasteiger partial charge is 0.124 e. The van der Waals surface area contributed by atoms with Crippen molar-refractivity contribution in [1.82, 2.24) is 0 Å². The Balaban J connectivity index is 2.34. The number of rotatable bonds is 4. The van der Waals surface area contributed by atoms with Crippen LogP contribution in [-0.2, 0) is 6.42 Å². The van der Waals surface area contributed by atoms with Crippen LogP contribution < -0.4 is 4.74 Å². The van der Waals surface area contributed by atoms with E-state index in [0.29, 0.717) is 17.2 Å². The number of aliphatic hydroxyl groups excluding tert-OH is 1. The van der Waals surface area contributed by atoms with Crippen LogP contribution in [0.4, 0.5) is 0 Å². The monoisotopic (exact) mass is 304 g/mol. The fourth-order valence-corrected chi connectivity index (χ4v) is 2.98. The van der Waals surface area contributed by atoms with Gasteiger partial charge in [-0.2, -0.15) is 0 Å². The summed E-state index contributed by atoms with van der Waals surface area (Å²) in [5, 5.41) is 11.2. The quantitative estimate of drug-likeness (QED) is 0.898. The lowest BCUT2D eigenvalue weighted by Gasteiger charge is -2.18. The fourth-order valence-electron chi connectivity index (χ4n) is 2.80. The second-order valence-electron chi connectivity index (χ2n) is 5.48. The number of aliphatic hydroxyl groups is 1. The molecule has 3 heteroatoms. The van der Waals surface area contributed by atoms with Crippen LogP contribution in [0.15, 0.2) is 30.3 Å². The lowest BCUT2D eigenvalue weighted by atomic mass is 9.93. The molecular weight excluding hydrogens is 284 g/mol. The van der Waals surface area contributed by atoms with Crippen LogP contribution in [0.5, 0.6) is 5.75 Å². The van der Waals surface area contributed by atoms with Crippen molar-refractivity contribution in [1.29, 1.82) is 0 Å². The van der Waals surface area contributed by atoms with Crippen molar-refractivity contribution in [3.8, 4) is 5.75 Å². The molecule has 0 aromatic heterocycles. The Morgan fingerprint density at radius 2 is 1.71 bits per heavy atom. The summed E-state index contributed by atoms with van der Waals surface area (Å²) in [5.41, 5.74) is 5.54. The lowest BCUT2D eigenvalue weighted by molar-refractivity contribution is 0.173. The first-order valence-electron chi connectivity index (χ1n) is 7.00. The molecule has 2 rings (SSSR count). The van der Waals surface area contributed by atoms with Gasteiger partial charge in [-0.05, 0) is 55.7 Å². The Bertz CT molecular complexity index is 627. The average Bonchev–Trinajstić information content (AvgIpc) is 2.42. The Morgan fingerprint density at radius 3 is 2.29 bits per heavy atom. The molecule has 0 aliphatic heterocycles. The second-order valence-corrected chi connectivity index (χ2v) is 5.92. The molecule has 0 amide bonds. The van der Waals surface area contributed by atoms with Gasteiger partial charge in [-0.15, -0.1) is 0 Å². The van der Waals surface area contributed by atoms with E-state index < -0.39 is 6.10 Å². The highest BCUT2D eigenvalue weighted by atomic mass is 35.5. The van der Waals surface area contributed by atoms with Gasteiger partial charge in [0, 0.05) is 17.0 Å². The van der Waals surface area contributed by atoms with Gasteiger partial charge in [-0.1, -0.05) is 29.3 Å². The minimum atomic E-state index is -0.640. The van der Waals surface area contributed by atoms with E-state index in [-0.39, 0.29) is 0 Å². The topological polar surface area (TPSA) is 29.5 Å². The van der Waals surface area contributed by atoms with Gasteiger partial charge in [0.2, 0.25) is 0 Å². The standard InChI is InChI=1S/C18H21ClO2/c1-11-7-12(2)15(13(3)8-11)10-17(20)16-9-14(19)5-6-18(16)21-4/h5-9,17,20H,10H2,1-4H3. The zero-order chi connectivity index (χ0) is 15.6. The summed E-state index contributed by atoms with van der Waals surface area (Å²) < 4.78 is 5.32. The predicted octanol–water partition coefficient (Wildman–Crippen LogP) is 4.55. The number of ether oxygens (including phenoxy) is 1. The summed E-state index contributed by atoms with van der Waals surface area (Å²) in [5.74, 6) is 0.661. The van der Waals surface area contributed by atoms with Gasteiger partial charge in [0.25, 0.3) is 0 Å². The van der Waals surface area contributed by atoms with Crippen LogP contribution in [0.3, 0.4) is 0 Å². The largest absolute Gasteiger partial charge is 0.496 e. The number of hydrogen-bond donors (Lipinski definition) is 1. The molecule has 0 saturated heterocycles. The third-order valence-electron chi connectivity index (χ3n) is 3.79. The molecule has 2 aromatic carbocycles. The Morgan fingerprint density at radius 1 is 1.10 bits per heavy atom. The Hall–Kier alpha value is -1.51. The first kappa shape index (κ1) is 15.9. The molecule has 2 nitrogen and oxygen atoms in total. The summed E-state index contributed by atoms with van der Waals surface area (Å²) in [6, 6.07) is 9.60. The van der Waals surface area contributed by atoms with E-state index in [1.807, 2.05) is 0 Å². The molecule has 0 radical (unpaired) electrons. The molecular formula is C18H21ClO2. The van der Waals surface area contributed by atoms with E-state index in [9.17, 15) is 5.11 Å². The van der Waals surface area contributed by atoms with Gasteiger partial charge in [-0.25, -0.2) is 0 Å². The highest BCUT2D eigenvalue weighted by Gasteiger charge is 2.17. The maximum absolute atomic E-state index is 10.6. The van der Waals surface area contributed by atoms with E-state index in [1.165, 1.54) is 22.3 Å². The molecule has 112 valence electrons. The number of methoxy groups -OCH3 is 1. The van der Waals surface area contributed by atoms with E-state index >= 15 is 0 Å². The van der Waals surface area contributed by atoms with E-state index in [2.05, 4.69) is 32.9 Å². The van der Waals surface area contributed by atoms with Crippen LogP contribution in [-0.4, -0.2) is 12.2 Å². The minimum Gasteiger partial charge on any atom is -0.496 e. The maximum atomic E-state index is 10.6. The summed E-state index contributed by atoms with van der Waals surface area (Å²) in [6.45, 7) is 6.24. The van der Waals surface area contributed by atoms with Gasteiger partial charge in [0.15, 0.2) is 0 Å². The molecule has 0 aliphatic rings. The Labute approximate surface area is 131 Å². The minimum absolute atomic E-state index is 0.550. The number of hydrogen-bond acceptors (Lipinski definition) is 2. The summed E-state index contributed by atoms with van der Waals surface area (Å²) in [7, 11) is 1.60. The van der Waals surface area contributed by atoms with Crippen LogP contribution in [0, 0.1) is 20.8 Å². The molecule has 1 N–H and O–H groups in total. The third kappa shape index (κ3) is 3.58. The zero-order valence-corrected chi connectivity index (χ0v) is 13.7. The second kappa shape index (κ2) is 6.50. The summed E-state index contributed by atoms with van der Waals surface area (Å²) >= 11 is 6.04. The Kier molecular flexibility index (Phi) is 4.92. The van der Waals surface area contributed by atoms with Gasteiger partial charge >= 0.3 is 0 Å². The fraction of sp³-hybridized carbons (Fsp3) is 0.333. The molecule has 0 aliphatic carbocycles. The number of halogens is 1. The highest BCUT2D eigenvalue weighted by Crippen LogP contribution is 2.31. The van der Waals surface area contributed by atoms with Gasteiger partial charge < -0.3 is 9.84 Å². The van der Waals surface area contributed by atoms with Gasteiger partial charge in [0.05, 0.1) is 13.2 Å². The van der Waals surface area contributed by atoms with Crippen molar-refractivity contribution in [3.63, 3.8) is 0 Å². The molecule has 2 aromatic rings. The number of benzene rings is 2. The molecule has 0 fully saturated rings. The predicted molar refractivity (Wildman–Crippen MR) is 87.3 cm³/mol. The SMILES string of the molecule is COc1ccc(Cl)cc1C(O)Cc1c(C)cc(C)cc1C. The van der Waals surface area contributed by atoms with E-state index in [1.54, 1.807) is 25.3 Å². The van der Waals surface area contributed by atoms with E-state index in [0.717, 1.165) is 5.56 Å². The van der Waals surface area contributed by atoms with Gasteiger partial charge in [0.1, 0.15) is 5.75 Å². The van der Waals surface area contributed by atoms with Gasteiger partial charge in [-0.3, -0.25) is 0 Å². The molecule has 21 heavy (non-hydrogen) atoms. The third-order valence-corrected chi connectivity index (χ3v) is 4.02. The molecule has 1 atom stereocenters. The zero-order valence-electron chi connectivity index (χ0n) is 12.9. The maximum Gasteiger partial charge on any atom is 0.124 e.